The summed E-state index contributed by atoms with van der Waals surface area (Å²) in [5.74, 6) is -0.959. The number of benzene rings is 1. The van der Waals surface area contributed by atoms with Gasteiger partial charge in [-0.15, -0.1) is 0 Å². The highest BCUT2D eigenvalue weighted by Gasteiger charge is 2.13. The van der Waals surface area contributed by atoms with E-state index in [0.29, 0.717) is 11.3 Å². The van der Waals surface area contributed by atoms with E-state index in [1.165, 1.54) is 4.90 Å². The third-order valence-corrected chi connectivity index (χ3v) is 2.49. The summed E-state index contributed by atoms with van der Waals surface area (Å²) in [6.45, 7) is 1.79. The third kappa shape index (κ3) is 4.97. The maximum Gasteiger partial charge on any atom is 0.321 e. The van der Waals surface area contributed by atoms with Gasteiger partial charge >= 0.3 is 12.0 Å². The maximum absolute atomic E-state index is 11.8. The Morgan fingerprint density at radius 3 is 2.58 bits per heavy atom. The average molecular weight is 266 g/mol. The summed E-state index contributed by atoms with van der Waals surface area (Å²) in [6, 6.07) is 6.34. The van der Waals surface area contributed by atoms with Gasteiger partial charge in [0, 0.05) is 19.3 Å². The van der Waals surface area contributed by atoms with Gasteiger partial charge in [0.2, 0.25) is 0 Å². The van der Waals surface area contributed by atoms with Crippen LogP contribution in [0.15, 0.2) is 24.3 Å². The number of carboxylic acid groups (broad SMARTS) is 1. The van der Waals surface area contributed by atoms with Crippen molar-refractivity contribution in [2.24, 2.45) is 0 Å². The van der Waals surface area contributed by atoms with Crippen molar-refractivity contribution >= 4 is 17.7 Å². The number of carbonyl (C=O) groups is 2. The number of carbonyl (C=O) groups excluding carboxylic acids is 1. The zero-order valence-corrected chi connectivity index (χ0v) is 11.0. The number of nitrogens with zero attached hydrogens (tertiary/aromatic N) is 1. The Morgan fingerprint density at radius 1 is 1.37 bits per heavy atom. The van der Waals surface area contributed by atoms with Crippen molar-refractivity contribution in [1.82, 2.24) is 4.90 Å². The van der Waals surface area contributed by atoms with Crippen molar-refractivity contribution in [2.45, 2.75) is 19.4 Å². The number of para-hydroxylation sites is 1. The van der Waals surface area contributed by atoms with Crippen LogP contribution in [-0.4, -0.2) is 46.8 Å². The number of hydrogen-bond donors (Lipinski definition) is 3. The van der Waals surface area contributed by atoms with E-state index in [1.807, 2.05) is 0 Å². The molecule has 1 aromatic rings. The lowest BCUT2D eigenvalue weighted by atomic mass is 10.1. The van der Waals surface area contributed by atoms with Gasteiger partial charge < -0.3 is 20.4 Å². The van der Waals surface area contributed by atoms with Crippen LogP contribution in [0.4, 0.5) is 10.5 Å². The zero-order chi connectivity index (χ0) is 14.4. The Kier molecular flexibility index (Phi) is 5.32. The van der Waals surface area contributed by atoms with Crippen molar-refractivity contribution in [1.29, 1.82) is 0 Å². The molecule has 1 aromatic carbocycles. The highest BCUT2D eigenvalue weighted by molar-refractivity contribution is 5.90. The number of carboxylic acids is 1. The maximum atomic E-state index is 11.8. The van der Waals surface area contributed by atoms with E-state index in [2.05, 4.69) is 5.32 Å². The minimum atomic E-state index is -0.959. The van der Waals surface area contributed by atoms with Crippen LogP contribution < -0.4 is 5.32 Å². The van der Waals surface area contributed by atoms with Crippen LogP contribution in [0.25, 0.3) is 0 Å². The fourth-order valence-electron chi connectivity index (χ4n) is 1.65. The summed E-state index contributed by atoms with van der Waals surface area (Å²) in [4.78, 5) is 23.9. The number of urea groups is 1. The lowest BCUT2D eigenvalue weighted by Gasteiger charge is -2.20. The standard InChI is InChI=1S/C13H18N2O4/c1-9(16)8-15(2)13(19)14-11-6-4-3-5-10(11)7-12(17)18/h3-6,9,16H,7-8H2,1-2H3,(H,14,19)(H,17,18). The first-order valence-corrected chi connectivity index (χ1v) is 5.90. The van der Waals surface area contributed by atoms with E-state index in [9.17, 15) is 14.7 Å². The molecule has 1 unspecified atom stereocenters. The van der Waals surface area contributed by atoms with Crippen LogP contribution in [0.1, 0.15) is 12.5 Å². The van der Waals surface area contributed by atoms with Gasteiger partial charge in [0.15, 0.2) is 0 Å². The molecule has 0 aromatic heterocycles. The van der Waals surface area contributed by atoms with E-state index in [1.54, 1.807) is 38.2 Å². The molecule has 3 N–H and O–H groups in total. The molecule has 0 saturated heterocycles. The van der Waals surface area contributed by atoms with Gasteiger partial charge in [-0.05, 0) is 18.6 Å². The Bertz CT molecular complexity index is 460. The van der Waals surface area contributed by atoms with Crippen molar-refractivity contribution in [3.05, 3.63) is 29.8 Å². The molecule has 0 saturated carbocycles. The highest BCUT2D eigenvalue weighted by atomic mass is 16.4. The number of amides is 2. The molecule has 1 rings (SSSR count). The lowest BCUT2D eigenvalue weighted by molar-refractivity contribution is -0.136. The number of likely N-dealkylation sites (N-methyl/N-ethyl adjacent to an activating group) is 1. The Labute approximate surface area is 111 Å². The van der Waals surface area contributed by atoms with Crippen LogP contribution in [-0.2, 0) is 11.2 Å². The van der Waals surface area contributed by atoms with E-state index in [4.69, 9.17) is 5.11 Å². The molecule has 6 heteroatoms. The smallest absolute Gasteiger partial charge is 0.321 e. The van der Waals surface area contributed by atoms with Gasteiger partial charge in [0.25, 0.3) is 0 Å². The number of aliphatic hydroxyl groups excluding tert-OH is 1. The van der Waals surface area contributed by atoms with Gasteiger partial charge in [-0.3, -0.25) is 4.79 Å². The van der Waals surface area contributed by atoms with Gasteiger partial charge in [0.1, 0.15) is 0 Å². The summed E-state index contributed by atoms with van der Waals surface area (Å²) < 4.78 is 0. The SMILES string of the molecule is CC(O)CN(C)C(=O)Nc1ccccc1CC(=O)O. The van der Waals surface area contributed by atoms with Gasteiger partial charge in [-0.1, -0.05) is 18.2 Å². The lowest BCUT2D eigenvalue weighted by Crippen LogP contribution is -2.36. The Hall–Kier alpha value is -2.08. The van der Waals surface area contributed by atoms with E-state index in [-0.39, 0.29) is 13.0 Å². The first-order valence-electron chi connectivity index (χ1n) is 5.90. The largest absolute Gasteiger partial charge is 0.481 e. The molecule has 0 aliphatic rings. The average Bonchev–Trinajstić information content (AvgIpc) is 2.30. The van der Waals surface area contributed by atoms with Crippen LogP contribution >= 0.6 is 0 Å². The number of anilines is 1. The molecule has 0 spiro atoms. The van der Waals surface area contributed by atoms with Crippen LogP contribution in [0, 0.1) is 0 Å². The summed E-state index contributed by atoms with van der Waals surface area (Å²) in [7, 11) is 1.56. The fraction of sp³-hybridized carbons (Fsp3) is 0.385. The van der Waals surface area contributed by atoms with E-state index in [0.717, 1.165) is 0 Å². The molecule has 0 aliphatic heterocycles. The fourth-order valence-corrected chi connectivity index (χ4v) is 1.65. The molecule has 0 heterocycles. The second-order valence-electron chi connectivity index (χ2n) is 4.39. The normalized spacial score (nSPS) is 11.7. The minimum Gasteiger partial charge on any atom is -0.481 e. The van der Waals surface area contributed by atoms with E-state index < -0.39 is 18.1 Å². The molecule has 6 nitrogen and oxygen atoms in total. The number of aliphatic carboxylic acids is 1. The number of aliphatic hydroxyl groups is 1. The quantitative estimate of drug-likeness (QED) is 0.746. The van der Waals surface area contributed by atoms with Crippen molar-refractivity contribution in [3.63, 3.8) is 0 Å². The third-order valence-electron chi connectivity index (χ3n) is 2.49. The second-order valence-corrected chi connectivity index (χ2v) is 4.39. The predicted octanol–water partition coefficient (Wildman–Crippen LogP) is 1.16. The molecule has 0 aliphatic carbocycles. The first kappa shape index (κ1) is 15.0. The predicted molar refractivity (Wildman–Crippen MR) is 71.1 cm³/mol. The monoisotopic (exact) mass is 266 g/mol. The summed E-state index contributed by atoms with van der Waals surface area (Å²) in [5, 5.41) is 20.6. The molecule has 0 radical (unpaired) electrons. The van der Waals surface area contributed by atoms with Crippen LogP contribution in [0.5, 0.6) is 0 Å². The van der Waals surface area contributed by atoms with E-state index >= 15 is 0 Å². The number of rotatable bonds is 5. The van der Waals surface area contributed by atoms with Crippen molar-refractivity contribution in [2.75, 3.05) is 18.9 Å². The van der Waals surface area contributed by atoms with Crippen molar-refractivity contribution < 1.29 is 19.8 Å². The van der Waals surface area contributed by atoms with Gasteiger partial charge in [0.05, 0.1) is 12.5 Å². The molecular weight excluding hydrogens is 248 g/mol. The van der Waals surface area contributed by atoms with Crippen LogP contribution in [0.2, 0.25) is 0 Å². The highest BCUT2D eigenvalue weighted by Crippen LogP contribution is 2.16. The minimum absolute atomic E-state index is 0.156. The Morgan fingerprint density at radius 2 is 2.00 bits per heavy atom. The van der Waals surface area contributed by atoms with Crippen molar-refractivity contribution in [3.8, 4) is 0 Å². The molecule has 0 bridgehead atoms. The topological polar surface area (TPSA) is 89.9 Å². The molecule has 0 fully saturated rings. The molecule has 19 heavy (non-hydrogen) atoms. The van der Waals surface area contributed by atoms with Crippen LogP contribution in [0.3, 0.4) is 0 Å². The molecule has 2 amide bonds. The molecular formula is C13H18N2O4. The summed E-state index contributed by atoms with van der Waals surface area (Å²) in [5.41, 5.74) is 1.00. The first-order chi connectivity index (χ1) is 8.90. The molecule has 1 atom stereocenters. The summed E-state index contributed by atoms with van der Waals surface area (Å²) in [6.07, 6.45) is -0.777. The Balaban J connectivity index is 2.76. The number of nitrogens with one attached hydrogen (secondary N) is 1. The number of hydrogen-bond acceptors (Lipinski definition) is 3. The molecule has 104 valence electrons. The summed E-state index contributed by atoms with van der Waals surface area (Å²) >= 11 is 0. The van der Waals surface area contributed by atoms with Gasteiger partial charge in [-0.25, -0.2) is 4.79 Å². The second kappa shape index (κ2) is 6.75. The zero-order valence-electron chi connectivity index (χ0n) is 11.0. The van der Waals surface area contributed by atoms with Gasteiger partial charge in [-0.2, -0.15) is 0 Å².